The summed E-state index contributed by atoms with van der Waals surface area (Å²) in [6, 6.07) is 10.8. The van der Waals surface area contributed by atoms with Crippen LogP contribution in [-0.2, 0) is 11.3 Å². The molecule has 6 heteroatoms. The number of hydrogen-bond acceptors (Lipinski definition) is 4. The summed E-state index contributed by atoms with van der Waals surface area (Å²) in [4.78, 5) is 12.1. The van der Waals surface area contributed by atoms with Crippen LogP contribution in [0.5, 0.6) is 0 Å². The van der Waals surface area contributed by atoms with E-state index >= 15 is 0 Å². The van der Waals surface area contributed by atoms with Crippen LogP contribution in [0.25, 0.3) is 0 Å². The SMILES string of the molecule is CN=C(NCCN1CCN(Cc2ccccc2)CC1)N1CCC2(CCOC2)C1. The van der Waals surface area contributed by atoms with E-state index < -0.39 is 0 Å². The van der Waals surface area contributed by atoms with E-state index in [2.05, 4.69) is 55.3 Å². The highest BCUT2D eigenvalue weighted by Crippen LogP contribution is 2.38. The fraction of sp³-hybridized carbons (Fsp3) is 0.682. The topological polar surface area (TPSA) is 43.3 Å². The fourth-order valence-corrected chi connectivity index (χ4v) is 4.76. The molecule has 0 amide bonds. The summed E-state index contributed by atoms with van der Waals surface area (Å²) in [5.74, 6) is 1.06. The molecule has 1 unspecified atom stereocenters. The molecule has 0 saturated carbocycles. The van der Waals surface area contributed by atoms with Crippen LogP contribution in [0.4, 0.5) is 0 Å². The van der Waals surface area contributed by atoms with Crippen LogP contribution >= 0.6 is 0 Å². The molecule has 3 aliphatic rings. The van der Waals surface area contributed by atoms with Gasteiger partial charge in [-0.2, -0.15) is 0 Å². The molecule has 0 aromatic heterocycles. The van der Waals surface area contributed by atoms with Gasteiger partial charge in [0.15, 0.2) is 5.96 Å². The van der Waals surface area contributed by atoms with E-state index in [-0.39, 0.29) is 0 Å². The molecule has 3 aliphatic heterocycles. The predicted molar refractivity (Wildman–Crippen MR) is 114 cm³/mol. The van der Waals surface area contributed by atoms with Gasteiger partial charge in [-0.25, -0.2) is 0 Å². The Hall–Kier alpha value is -1.63. The van der Waals surface area contributed by atoms with Gasteiger partial charge < -0.3 is 15.0 Å². The summed E-state index contributed by atoms with van der Waals surface area (Å²) in [7, 11) is 1.90. The first-order valence-corrected chi connectivity index (χ1v) is 10.8. The molecular formula is C22H35N5O. The summed E-state index contributed by atoms with van der Waals surface area (Å²) in [6.07, 6.45) is 2.44. The molecule has 0 aliphatic carbocycles. The van der Waals surface area contributed by atoms with Gasteiger partial charge in [-0.1, -0.05) is 30.3 Å². The lowest BCUT2D eigenvalue weighted by Gasteiger charge is -2.35. The van der Waals surface area contributed by atoms with E-state index in [0.717, 1.165) is 78.1 Å². The second-order valence-corrected chi connectivity index (χ2v) is 8.55. The van der Waals surface area contributed by atoms with Crippen LogP contribution in [-0.4, -0.2) is 93.3 Å². The summed E-state index contributed by atoms with van der Waals surface area (Å²) in [6.45, 7) is 11.8. The van der Waals surface area contributed by atoms with E-state index in [4.69, 9.17) is 4.74 Å². The Bertz CT molecular complexity index is 636. The van der Waals surface area contributed by atoms with Gasteiger partial charge in [0.05, 0.1) is 6.61 Å². The van der Waals surface area contributed by atoms with Crippen LogP contribution < -0.4 is 5.32 Å². The highest BCUT2D eigenvalue weighted by Gasteiger charge is 2.42. The van der Waals surface area contributed by atoms with E-state index in [1.165, 1.54) is 18.4 Å². The van der Waals surface area contributed by atoms with Crippen molar-refractivity contribution in [2.75, 3.05) is 72.6 Å². The van der Waals surface area contributed by atoms with Gasteiger partial charge in [0, 0.05) is 78.0 Å². The minimum absolute atomic E-state index is 0.382. The number of nitrogens with one attached hydrogen (secondary N) is 1. The van der Waals surface area contributed by atoms with Crippen LogP contribution in [0, 0.1) is 5.41 Å². The number of aliphatic imine (C=N–C) groups is 1. The molecule has 0 bridgehead atoms. The zero-order valence-corrected chi connectivity index (χ0v) is 17.3. The maximum Gasteiger partial charge on any atom is 0.193 e. The second kappa shape index (κ2) is 9.25. The Labute approximate surface area is 169 Å². The molecule has 154 valence electrons. The summed E-state index contributed by atoms with van der Waals surface area (Å²) >= 11 is 0. The third kappa shape index (κ3) is 4.85. The number of guanidine groups is 1. The quantitative estimate of drug-likeness (QED) is 0.615. The molecule has 1 spiro atoms. The zero-order chi connectivity index (χ0) is 19.2. The lowest BCUT2D eigenvalue weighted by Crippen LogP contribution is -2.49. The van der Waals surface area contributed by atoms with Crippen LogP contribution in [0.15, 0.2) is 35.3 Å². The third-order valence-electron chi connectivity index (χ3n) is 6.56. The van der Waals surface area contributed by atoms with Gasteiger partial charge in [0.25, 0.3) is 0 Å². The molecule has 3 heterocycles. The van der Waals surface area contributed by atoms with Crippen molar-refractivity contribution in [2.24, 2.45) is 10.4 Å². The number of nitrogens with zero attached hydrogens (tertiary/aromatic N) is 4. The Morgan fingerprint density at radius 1 is 1.07 bits per heavy atom. The molecule has 28 heavy (non-hydrogen) atoms. The van der Waals surface area contributed by atoms with Gasteiger partial charge in [0.1, 0.15) is 0 Å². The van der Waals surface area contributed by atoms with Crippen molar-refractivity contribution in [2.45, 2.75) is 19.4 Å². The average Bonchev–Trinajstić information content (AvgIpc) is 3.37. The van der Waals surface area contributed by atoms with Crippen molar-refractivity contribution in [1.29, 1.82) is 0 Å². The summed E-state index contributed by atoms with van der Waals surface area (Å²) < 4.78 is 5.65. The van der Waals surface area contributed by atoms with Gasteiger partial charge in [-0.15, -0.1) is 0 Å². The predicted octanol–water partition coefficient (Wildman–Crippen LogP) is 1.49. The first-order valence-electron chi connectivity index (χ1n) is 10.8. The lowest BCUT2D eigenvalue weighted by molar-refractivity contribution is 0.128. The Morgan fingerprint density at radius 3 is 2.57 bits per heavy atom. The monoisotopic (exact) mass is 385 g/mol. The normalized spacial score (nSPS) is 27.0. The van der Waals surface area contributed by atoms with Crippen molar-refractivity contribution in [3.8, 4) is 0 Å². The highest BCUT2D eigenvalue weighted by atomic mass is 16.5. The molecule has 1 aromatic rings. The smallest absolute Gasteiger partial charge is 0.193 e. The van der Waals surface area contributed by atoms with Crippen molar-refractivity contribution in [3.63, 3.8) is 0 Å². The molecule has 6 nitrogen and oxygen atoms in total. The number of piperazine rings is 1. The second-order valence-electron chi connectivity index (χ2n) is 8.55. The number of likely N-dealkylation sites (tertiary alicyclic amines) is 1. The molecule has 3 fully saturated rings. The molecule has 1 aromatic carbocycles. The minimum Gasteiger partial charge on any atom is -0.381 e. The maximum absolute atomic E-state index is 5.65. The molecule has 3 saturated heterocycles. The molecular weight excluding hydrogens is 350 g/mol. The number of benzene rings is 1. The van der Waals surface area contributed by atoms with Gasteiger partial charge in [-0.05, 0) is 18.4 Å². The molecule has 4 rings (SSSR count). The number of rotatable bonds is 5. The first-order chi connectivity index (χ1) is 13.8. The largest absolute Gasteiger partial charge is 0.381 e. The zero-order valence-electron chi connectivity index (χ0n) is 17.3. The number of hydrogen-bond donors (Lipinski definition) is 1. The maximum atomic E-state index is 5.65. The first kappa shape index (κ1) is 19.7. The summed E-state index contributed by atoms with van der Waals surface area (Å²) in [5, 5.41) is 3.60. The van der Waals surface area contributed by atoms with E-state index in [9.17, 15) is 0 Å². The highest BCUT2D eigenvalue weighted by molar-refractivity contribution is 5.80. The van der Waals surface area contributed by atoms with Gasteiger partial charge >= 0.3 is 0 Å². The van der Waals surface area contributed by atoms with Crippen molar-refractivity contribution < 1.29 is 4.74 Å². The van der Waals surface area contributed by atoms with E-state index in [1.807, 2.05) is 7.05 Å². The average molecular weight is 386 g/mol. The molecule has 0 radical (unpaired) electrons. The molecule has 1 N–H and O–H groups in total. The van der Waals surface area contributed by atoms with E-state index in [1.54, 1.807) is 0 Å². The van der Waals surface area contributed by atoms with Crippen LogP contribution in [0.3, 0.4) is 0 Å². The van der Waals surface area contributed by atoms with Crippen LogP contribution in [0.1, 0.15) is 18.4 Å². The molecule has 1 atom stereocenters. The van der Waals surface area contributed by atoms with Crippen LogP contribution in [0.2, 0.25) is 0 Å². The fourth-order valence-electron chi connectivity index (χ4n) is 4.76. The van der Waals surface area contributed by atoms with Crippen molar-refractivity contribution in [1.82, 2.24) is 20.0 Å². The Kier molecular flexibility index (Phi) is 6.50. The summed E-state index contributed by atoms with van der Waals surface area (Å²) in [5.41, 5.74) is 1.80. The lowest BCUT2D eigenvalue weighted by atomic mass is 9.87. The van der Waals surface area contributed by atoms with Gasteiger partial charge in [-0.3, -0.25) is 14.8 Å². The van der Waals surface area contributed by atoms with Crippen molar-refractivity contribution >= 4 is 5.96 Å². The third-order valence-corrected chi connectivity index (χ3v) is 6.56. The Morgan fingerprint density at radius 2 is 1.86 bits per heavy atom. The number of ether oxygens (including phenoxy) is 1. The standard InChI is InChI=1S/C22H35N5O/c1-23-21(27-10-7-22(18-27)8-16-28-19-22)24-9-11-25-12-14-26(15-13-25)17-20-5-3-2-4-6-20/h2-6H,7-19H2,1H3,(H,23,24). The minimum atomic E-state index is 0.382. The van der Waals surface area contributed by atoms with Crippen molar-refractivity contribution in [3.05, 3.63) is 35.9 Å². The van der Waals surface area contributed by atoms with E-state index in [0.29, 0.717) is 5.41 Å². The Balaban J connectivity index is 1.15. The van der Waals surface area contributed by atoms with Gasteiger partial charge in [0.2, 0.25) is 0 Å².